The molecule has 0 saturated heterocycles. The topological polar surface area (TPSA) is 72.2 Å². The lowest BCUT2D eigenvalue weighted by Crippen LogP contribution is -2.16. The fourth-order valence-electron chi connectivity index (χ4n) is 1.39. The Labute approximate surface area is 114 Å². The zero-order valence-electron chi connectivity index (χ0n) is 10.2. The molecular formula is C12H17ClN2O2S. The minimum Gasteiger partial charge on any atom is -0.397 e. The first-order chi connectivity index (χ1) is 8.52. The number of anilines is 2. The first-order valence-corrected chi connectivity index (χ1v) is 7.59. The van der Waals surface area contributed by atoms with Crippen LogP contribution in [-0.4, -0.2) is 21.6 Å². The van der Waals surface area contributed by atoms with Crippen LogP contribution < -0.4 is 11.1 Å². The molecule has 0 heterocycles. The van der Waals surface area contributed by atoms with E-state index in [2.05, 4.69) is 5.32 Å². The van der Waals surface area contributed by atoms with Crippen LogP contribution in [0, 0.1) is 0 Å². The van der Waals surface area contributed by atoms with Crippen LogP contribution in [0.15, 0.2) is 18.2 Å². The van der Waals surface area contributed by atoms with Crippen molar-refractivity contribution in [3.8, 4) is 0 Å². The first-order valence-electron chi connectivity index (χ1n) is 5.72. The molecule has 0 saturated carbocycles. The first kappa shape index (κ1) is 15.0. The number of nitrogen functional groups attached to an aromatic ring is 1. The van der Waals surface area contributed by atoms with E-state index in [0.717, 1.165) is 6.42 Å². The molecule has 1 atom stereocenters. The molecule has 0 aliphatic carbocycles. The second-order valence-corrected chi connectivity index (χ2v) is 6.01. The summed E-state index contributed by atoms with van der Waals surface area (Å²) in [5.41, 5.74) is 6.66. The maximum atomic E-state index is 11.6. The van der Waals surface area contributed by atoms with E-state index >= 15 is 0 Å². The van der Waals surface area contributed by atoms with Gasteiger partial charge in [0.2, 0.25) is 5.91 Å². The number of hydrogen-bond acceptors (Lipinski definition) is 3. The molecule has 0 fully saturated rings. The Morgan fingerprint density at radius 1 is 1.44 bits per heavy atom. The number of benzene rings is 1. The lowest BCUT2D eigenvalue weighted by molar-refractivity contribution is -0.115. The predicted molar refractivity (Wildman–Crippen MR) is 77.3 cm³/mol. The third-order valence-corrected chi connectivity index (χ3v) is 4.04. The lowest BCUT2D eigenvalue weighted by atomic mass is 10.2. The number of nitrogens with one attached hydrogen (secondary N) is 1. The van der Waals surface area contributed by atoms with Gasteiger partial charge in [0.1, 0.15) is 0 Å². The normalized spacial score (nSPS) is 12.1. The molecule has 0 aliphatic rings. The number of rotatable bonds is 6. The van der Waals surface area contributed by atoms with Crippen molar-refractivity contribution >= 4 is 39.7 Å². The summed E-state index contributed by atoms with van der Waals surface area (Å²) in [6.07, 6.45) is 1.08. The maximum Gasteiger partial charge on any atom is 0.225 e. The summed E-state index contributed by atoms with van der Waals surface area (Å²) >= 11 is 5.81. The molecule has 1 unspecified atom stereocenters. The van der Waals surface area contributed by atoms with Gasteiger partial charge in [-0.2, -0.15) is 0 Å². The van der Waals surface area contributed by atoms with Crippen molar-refractivity contribution in [3.63, 3.8) is 0 Å². The van der Waals surface area contributed by atoms with Gasteiger partial charge in [-0.05, 0) is 24.6 Å². The summed E-state index contributed by atoms with van der Waals surface area (Å²) in [7, 11) is -0.927. The average Bonchev–Trinajstić information content (AvgIpc) is 2.32. The highest BCUT2D eigenvalue weighted by atomic mass is 35.5. The third kappa shape index (κ3) is 5.06. The van der Waals surface area contributed by atoms with E-state index in [1.54, 1.807) is 18.2 Å². The average molecular weight is 289 g/mol. The van der Waals surface area contributed by atoms with Gasteiger partial charge in [0.25, 0.3) is 0 Å². The number of amides is 1. The van der Waals surface area contributed by atoms with Gasteiger partial charge in [-0.1, -0.05) is 18.5 Å². The Morgan fingerprint density at radius 3 is 2.83 bits per heavy atom. The minimum absolute atomic E-state index is 0.201. The van der Waals surface area contributed by atoms with Crippen LogP contribution in [0.3, 0.4) is 0 Å². The van der Waals surface area contributed by atoms with E-state index in [1.165, 1.54) is 0 Å². The summed E-state index contributed by atoms with van der Waals surface area (Å²) in [5, 5.41) is 3.17. The molecule has 6 heteroatoms. The Balaban J connectivity index is 2.49. The van der Waals surface area contributed by atoms with Gasteiger partial charge in [-0.15, -0.1) is 0 Å². The third-order valence-electron chi connectivity index (χ3n) is 2.28. The molecule has 1 rings (SSSR count). The molecule has 0 bridgehead atoms. The van der Waals surface area contributed by atoms with Crippen LogP contribution in [-0.2, 0) is 15.6 Å². The summed E-state index contributed by atoms with van der Waals surface area (Å²) in [5.74, 6) is 0.806. The van der Waals surface area contributed by atoms with Crippen molar-refractivity contribution < 1.29 is 9.00 Å². The summed E-state index contributed by atoms with van der Waals surface area (Å²) in [4.78, 5) is 11.6. The fourth-order valence-corrected chi connectivity index (χ4v) is 2.63. The second kappa shape index (κ2) is 7.38. The van der Waals surface area contributed by atoms with Crippen LogP contribution in [0.25, 0.3) is 0 Å². The summed E-state index contributed by atoms with van der Waals surface area (Å²) in [6, 6.07) is 4.88. The predicted octanol–water partition coefficient (Wildman–Crippen LogP) is 2.41. The van der Waals surface area contributed by atoms with Crippen LogP contribution >= 0.6 is 11.6 Å². The van der Waals surface area contributed by atoms with Crippen molar-refractivity contribution in [1.29, 1.82) is 0 Å². The molecule has 0 aromatic heterocycles. The second-order valence-electron chi connectivity index (χ2n) is 3.88. The fraction of sp³-hybridized carbons (Fsp3) is 0.417. The highest BCUT2D eigenvalue weighted by Gasteiger charge is 2.08. The molecule has 1 aromatic carbocycles. The van der Waals surface area contributed by atoms with E-state index in [-0.39, 0.29) is 12.3 Å². The van der Waals surface area contributed by atoms with Crippen LogP contribution in [0.5, 0.6) is 0 Å². The largest absolute Gasteiger partial charge is 0.397 e. The minimum atomic E-state index is -0.927. The molecule has 1 aromatic rings. The SMILES string of the molecule is CCCS(=O)CCC(=O)Nc1cc(Cl)ccc1N. The molecule has 1 amide bonds. The van der Waals surface area contributed by atoms with E-state index in [9.17, 15) is 9.00 Å². The summed E-state index contributed by atoms with van der Waals surface area (Å²) < 4.78 is 11.4. The van der Waals surface area contributed by atoms with Gasteiger partial charge in [-0.25, -0.2) is 0 Å². The number of carbonyl (C=O) groups is 1. The molecule has 4 nitrogen and oxygen atoms in total. The van der Waals surface area contributed by atoms with E-state index in [1.807, 2.05) is 6.92 Å². The molecular weight excluding hydrogens is 272 g/mol. The van der Waals surface area contributed by atoms with Gasteiger partial charge < -0.3 is 11.1 Å². The zero-order valence-corrected chi connectivity index (χ0v) is 11.8. The van der Waals surface area contributed by atoms with Crippen molar-refractivity contribution in [2.45, 2.75) is 19.8 Å². The van der Waals surface area contributed by atoms with Crippen LogP contribution in [0.1, 0.15) is 19.8 Å². The zero-order chi connectivity index (χ0) is 13.5. The molecule has 3 N–H and O–H groups in total. The highest BCUT2D eigenvalue weighted by molar-refractivity contribution is 7.84. The number of halogens is 1. The van der Waals surface area contributed by atoms with Gasteiger partial charge in [0, 0.05) is 33.7 Å². The molecule has 100 valence electrons. The standard InChI is InChI=1S/C12H17ClN2O2S/c1-2-6-18(17)7-5-12(16)15-11-8-9(13)3-4-10(11)14/h3-4,8H,2,5-7,14H2,1H3,(H,15,16). The van der Waals surface area contributed by atoms with Gasteiger partial charge in [0.15, 0.2) is 0 Å². The Kier molecular flexibility index (Phi) is 6.15. The quantitative estimate of drug-likeness (QED) is 0.790. The molecule has 18 heavy (non-hydrogen) atoms. The van der Waals surface area contributed by atoms with E-state index in [4.69, 9.17) is 17.3 Å². The highest BCUT2D eigenvalue weighted by Crippen LogP contribution is 2.22. The Hall–Kier alpha value is -1.07. The lowest BCUT2D eigenvalue weighted by Gasteiger charge is -2.08. The van der Waals surface area contributed by atoms with Gasteiger partial charge in [0.05, 0.1) is 11.4 Å². The molecule has 0 radical (unpaired) electrons. The van der Waals surface area contributed by atoms with Crippen LogP contribution in [0.4, 0.5) is 11.4 Å². The van der Waals surface area contributed by atoms with Gasteiger partial charge >= 0.3 is 0 Å². The van der Waals surface area contributed by atoms with Crippen molar-refractivity contribution in [2.75, 3.05) is 22.6 Å². The van der Waals surface area contributed by atoms with E-state index < -0.39 is 10.8 Å². The number of hydrogen-bond donors (Lipinski definition) is 2. The Bertz CT molecular complexity index is 452. The van der Waals surface area contributed by atoms with Crippen molar-refractivity contribution in [1.82, 2.24) is 0 Å². The van der Waals surface area contributed by atoms with Crippen LogP contribution in [0.2, 0.25) is 5.02 Å². The number of nitrogens with two attached hydrogens (primary N) is 1. The Morgan fingerprint density at radius 2 is 2.17 bits per heavy atom. The maximum absolute atomic E-state index is 11.6. The smallest absolute Gasteiger partial charge is 0.225 e. The summed E-state index contributed by atoms with van der Waals surface area (Å²) in [6.45, 7) is 1.96. The monoisotopic (exact) mass is 288 g/mol. The molecule has 0 aliphatic heterocycles. The van der Waals surface area contributed by atoms with E-state index in [0.29, 0.717) is 27.9 Å². The van der Waals surface area contributed by atoms with Gasteiger partial charge in [-0.3, -0.25) is 9.00 Å². The van der Waals surface area contributed by atoms with Crippen molar-refractivity contribution in [3.05, 3.63) is 23.2 Å². The van der Waals surface area contributed by atoms with Crippen molar-refractivity contribution in [2.24, 2.45) is 0 Å². The molecule has 0 spiro atoms. The number of carbonyl (C=O) groups excluding carboxylic acids is 1.